The molecule has 0 radical (unpaired) electrons. The number of halogens is 3. The molecule has 3 aromatic rings. The molecule has 4 rings (SSSR count). The summed E-state index contributed by atoms with van der Waals surface area (Å²) in [5.74, 6) is 0.591. The molecule has 4 heterocycles. The molecule has 0 saturated carbocycles. The predicted molar refractivity (Wildman–Crippen MR) is 105 cm³/mol. The van der Waals surface area contributed by atoms with Gasteiger partial charge in [-0.1, -0.05) is 0 Å². The summed E-state index contributed by atoms with van der Waals surface area (Å²) in [4.78, 5) is 17.3. The van der Waals surface area contributed by atoms with E-state index in [0.29, 0.717) is 29.5 Å². The molecule has 1 aliphatic rings. The molecule has 1 saturated heterocycles. The lowest BCUT2D eigenvalue weighted by molar-refractivity contribution is -0.142. The number of hydrogen-bond donors (Lipinski definition) is 0. The molecule has 3 aromatic heterocycles. The van der Waals surface area contributed by atoms with Crippen LogP contribution in [0.3, 0.4) is 0 Å². The van der Waals surface area contributed by atoms with Crippen LogP contribution < -0.4 is 4.74 Å². The smallest absolute Gasteiger partial charge is 0.408 e. The molecule has 1 unspecified atom stereocenters. The number of rotatable bonds is 8. The van der Waals surface area contributed by atoms with Crippen LogP contribution in [0.5, 0.6) is 5.75 Å². The van der Waals surface area contributed by atoms with E-state index in [2.05, 4.69) is 10.1 Å². The van der Waals surface area contributed by atoms with Crippen molar-refractivity contribution >= 4 is 11.4 Å². The summed E-state index contributed by atoms with van der Waals surface area (Å²) in [6.45, 7) is 2.52. The first-order valence-corrected chi connectivity index (χ1v) is 10.1. The van der Waals surface area contributed by atoms with Crippen LogP contribution in [0.1, 0.15) is 35.1 Å². The van der Waals surface area contributed by atoms with Gasteiger partial charge in [-0.25, -0.2) is 4.98 Å². The Bertz CT molecular complexity index is 1070. The van der Waals surface area contributed by atoms with E-state index in [0.717, 1.165) is 42.6 Å². The van der Waals surface area contributed by atoms with Gasteiger partial charge in [0.05, 0.1) is 12.3 Å². The van der Waals surface area contributed by atoms with Crippen LogP contribution in [0.2, 0.25) is 0 Å². The number of hydrogen-bond acceptors (Lipinski definition) is 5. The van der Waals surface area contributed by atoms with Crippen molar-refractivity contribution in [3.05, 3.63) is 47.7 Å². The fraction of sp³-hybridized carbons (Fsp3) is 0.476. The van der Waals surface area contributed by atoms with Crippen LogP contribution in [0, 0.1) is 5.92 Å². The van der Waals surface area contributed by atoms with Crippen molar-refractivity contribution < 1.29 is 27.4 Å². The number of ether oxygens (including phenoxy) is 2. The number of carbonyl (C=O) groups excluding carboxylic acids is 1. The van der Waals surface area contributed by atoms with E-state index in [1.165, 1.54) is 6.07 Å². The monoisotopic (exact) mass is 436 g/mol. The third kappa shape index (κ3) is 5.25. The molecule has 1 atom stereocenters. The lowest BCUT2D eigenvalue weighted by Gasteiger charge is -2.10. The summed E-state index contributed by atoms with van der Waals surface area (Å²) in [6.07, 6.45) is 2.25. The zero-order valence-corrected chi connectivity index (χ0v) is 17.1. The third-order valence-electron chi connectivity index (χ3n) is 5.12. The van der Waals surface area contributed by atoms with Gasteiger partial charge in [0.25, 0.3) is 0 Å². The van der Waals surface area contributed by atoms with Crippen LogP contribution in [0.15, 0.2) is 30.7 Å². The minimum absolute atomic E-state index is 0.0145. The highest BCUT2D eigenvalue weighted by Gasteiger charge is 2.29. The molecular formula is C21H23F3N4O3. The number of fused-ring (bicyclic) bond motifs is 1. The second-order valence-corrected chi connectivity index (χ2v) is 7.64. The Morgan fingerprint density at radius 2 is 2.19 bits per heavy atom. The highest BCUT2D eigenvalue weighted by atomic mass is 19.4. The topological polar surface area (TPSA) is 70.7 Å². The molecule has 0 amide bonds. The van der Waals surface area contributed by atoms with Gasteiger partial charge in [-0.15, -0.1) is 0 Å². The zero-order valence-electron chi connectivity index (χ0n) is 17.1. The van der Waals surface area contributed by atoms with Crippen molar-refractivity contribution in [3.8, 4) is 5.75 Å². The Hall–Kier alpha value is -2.88. The summed E-state index contributed by atoms with van der Waals surface area (Å²) < 4.78 is 51.3. The van der Waals surface area contributed by atoms with Gasteiger partial charge in [0, 0.05) is 49.9 Å². The third-order valence-corrected chi connectivity index (χ3v) is 5.12. The van der Waals surface area contributed by atoms with E-state index >= 15 is 0 Å². The van der Waals surface area contributed by atoms with Crippen LogP contribution in [0.4, 0.5) is 13.2 Å². The SMILES string of the molecule is CCOc1cc2nc(CC3CCOC3)cn2cc1CC(=O)c1ccn(CC(F)(F)F)n1. The first-order valence-electron chi connectivity index (χ1n) is 10.1. The fourth-order valence-corrected chi connectivity index (χ4v) is 3.72. The number of carbonyl (C=O) groups is 1. The van der Waals surface area contributed by atoms with E-state index in [4.69, 9.17) is 9.47 Å². The maximum absolute atomic E-state index is 12.7. The Kier molecular flexibility index (Phi) is 5.99. The molecule has 0 N–H and O–H groups in total. The molecule has 166 valence electrons. The van der Waals surface area contributed by atoms with Gasteiger partial charge in [0.15, 0.2) is 5.78 Å². The normalized spacial score (nSPS) is 16.8. The summed E-state index contributed by atoms with van der Waals surface area (Å²) in [5.41, 5.74) is 2.26. The van der Waals surface area contributed by atoms with E-state index < -0.39 is 12.7 Å². The van der Waals surface area contributed by atoms with E-state index in [1.807, 2.05) is 17.5 Å². The van der Waals surface area contributed by atoms with Crippen molar-refractivity contribution in [3.63, 3.8) is 0 Å². The van der Waals surface area contributed by atoms with Gasteiger partial charge in [-0.2, -0.15) is 18.3 Å². The lowest BCUT2D eigenvalue weighted by Crippen LogP contribution is -2.18. The van der Waals surface area contributed by atoms with Crippen molar-refractivity contribution in [1.29, 1.82) is 0 Å². The lowest BCUT2D eigenvalue weighted by atomic mass is 10.0. The average molecular weight is 436 g/mol. The first kappa shape index (κ1) is 21.4. The molecule has 1 fully saturated rings. The molecule has 31 heavy (non-hydrogen) atoms. The Morgan fingerprint density at radius 3 is 2.90 bits per heavy atom. The second kappa shape index (κ2) is 8.70. The Balaban J connectivity index is 1.55. The van der Waals surface area contributed by atoms with Gasteiger partial charge in [0.1, 0.15) is 23.6 Å². The molecule has 0 bridgehead atoms. The summed E-state index contributed by atoms with van der Waals surface area (Å²) >= 11 is 0. The van der Waals surface area contributed by atoms with Crippen molar-refractivity contribution in [2.24, 2.45) is 5.92 Å². The predicted octanol–water partition coefficient (Wildman–Crippen LogP) is 3.50. The van der Waals surface area contributed by atoms with Crippen LogP contribution in [0.25, 0.3) is 5.65 Å². The minimum Gasteiger partial charge on any atom is -0.493 e. The van der Waals surface area contributed by atoms with Gasteiger partial charge < -0.3 is 13.9 Å². The maximum atomic E-state index is 12.7. The largest absolute Gasteiger partial charge is 0.493 e. The Labute approximate surface area is 176 Å². The van der Waals surface area contributed by atoms with E-state index in [9.17, 15) is 18.0 Å². The van der Waals surface area contributed by atoms with Gasteiger partial charge in [-0.3, -0.25) is 9.48 Å². The number of Topliss-reactive ketones (excluding diaryl/α,β-unsaturated/α-hetero) is 1. The molecular weight excluding hydrogens is 413 g/mol. The fourth-order valence-electron chi connectivity index (χ4n) is 3.72. The van der Waals surface area contributed by atoms with Gasteiger partial charge >= 0.3 is 6.18 Å². The van der Waals surface area contributed by atoms with Crippen LogP contribution >= 0.6 is 0 Å². The average Bonchev–Trinajstić information content (AvgIpc) is 3.42. The number of aromatic nitrogens is 4. The summed E-state index contributed by atoms with van der Waals surface area (Å²) in [5, 5.41) is 3.77. The number of alkyl halides is 3. The quantitative estimate of drug-likeness (QED) is 0.506. The molecule has 0 aromatic carbocycles. The minimum atomic E-state index is -4.40. The number of pyridine rings is 1. The standard InChI is InChI=1S/C21H23F3N4O3/c1-2-31-19-9-20-25-16(7-14-4-6-30-12-14)11-27(20)10-15(19)8-18(29)17-3-5-28(26-17)13-21(22,23)24/h3,5,9-11,14H,2,4,6-8,12-13H2,1H3. The van der Waals surface area contributed by atoms with Crippen LogP contribution in [-0.4, -0.2) is 50.9 Å². The highest BCUT2D eigenvalue weighted by Crippen LogP contribution is 2.25. The van der Waals surface area contributed by atoms with E-state index in [1.54, 1.807) is 12.3 Å². The highest BCUT2D eigenvalue weighted by molar-refractivity contribution is 5.96. The van der Waals surface area contributed by atoms with E-state index in [-0.39, 0.29) is 17.9 Å². The summed E-state index contributed by atoms with van der Waals surface area (Å²) in [6, 6.07) is 3.08. The maximum Gasteiger partial charge on any atom is 0.408 e. The molecule has 7 nitrogen and oxygen atoms in total. The Morgan fingerprint density at radius 1 is 1.35 bits per heavy atom. The molecule has 0 spiro atoms. The molecule has 0 aliphatic carbocycles. The summed E-state index contributed by atoms with van der Waals surface area (Å²) in [7, 11) is 0. The van der Waals surface area contributed by atoms with Crippen molar-refractivity contribution in [2.45, 2.75) is 38.9 Å². The number of nitrogens with zero attached hydrogens (tertiary/aromatic N) is 4. The van der Waals surface area contributed by atoms with Crippen molar-refractivity contribution in [1.82, 2.24) is 19.2 Å². The molecule has 1 aliphatic heterocycles. The van der Waals surface area contributed by atoms with Gasteiger partial charge in [0.2, 0.25) is 0 Å². The van der Waals surface area contributed by atoms with Gasteiger partial charge in [-0.05, 0) is 31.7 Å². The molecule has 10 heteroatoms. The van der Waals surface area contributed by atoms with Crippen LogP contribution in [-0.2, 0) is 24.1 Å². The zero-order chi connectivity index (χ0) is 22.0. The number of imidazole rings is 1. The van der Waals surface area contributed by atoms with Crippen molar-refractivity contribution in [2.75, 3.05) is 19.8 Å². The number of ketones is 1. The first-order chi connectivity index (χ1) is 14.8. The second-order valence-electron chi connectivity index (χ2n) is 7.64.